The summed E-state index contributed by atoms with van der Waals surface area (Å²) in [6.45, 7) is 5.71. The van der Waals surface area contributed by atoms with Gasteiger partial charge in [0.05, 0.1) is 6.04 Å². The number of hydrogen-bond acceptors (Lipinski definition) is 2. The van der Waals surface area contributed by atoms with Crippen LogP contribution in [0.1, 0.15) is 25.1 Å². The minimum atomic E-state index is -0.130. The van der Waals surface area contributed by atoms with Crippen LogP contribution in [0.3, 0.4) is 0 Å². The van der Waals surface area contributed by atoms with Crippen LogP contribution in [0, 0.1) is 0 Å². The molecule has 0 aliphatic carbocycles. The van der Waals surface area contributed by atoms with Gasteiger partial charge in [-0.2, -0.15) is 0 Å². The van der Waals surface area contributed by atoms with Crippen molar-refractivity contribution in [3.63, 3.8) is 0 Å². The van der Waals surface area contributed by atoms with Gasteiger partial charge in [-0.15, -0.1) is 19.0 Å². The maximum atomic E-state index is 5.80. The average Bonchev–Trinajstić information content (AvgIpc) is 2.34. The topological polar surface area (TPSA) is 39.2 Å². The van der Waals surface area contributed by atoms with E-state index >= 15 is 0 Å². The van der Waals surface area contributed by atoms with Crippen LogP contribution in [0.15, 0.2) is 28.7 Å². The van der Waals surface area contributed by atoms with Gasteiger partial charge in [-0.1, -0.05) is 5.57 Å². The van der Waals surface area contributed by atoms with E-state index in [1.54, 1.807) is 12.1 Å². The molecule has 0 spiro atoms. The lowest BCUT2D eigenvalue weighted by Crippen LogP contribution is -2.09. The maximum absolute atomic E-state index is 5.80. The predicted molar refractivity (Wildman–Crippen MR) is 57.3 cm³/mol. The van der Waals surface area contributed by atoms with E-state index in [1.165, 1.54) is 0 Å². The van der Waals surface area contributed by atoms with Crippen LogP contribution in [0.25, 0.3) is 0 Å². The molecule has 0 fully saturated rings. The SMILES string of the molecule is C=C(C)C[C@H](N)c1ccc(Cl)o1.Cl. The Kier molecular flexibility index (Phi) is 5.14. The van der Waals surface area contributed by atoms with E-state index in [4.69, 9.17) is 21.8 Å². The molecule has 4 heteroatoms. The summed E-state index contributed by atoms with van der Waals surface area (Å²) in [6, 6.07) is 3.35. The van der Waals surface area contributed by atoms with E-state index in [9.17, 15) is 0 Å². The van der Waals surface area contributed by atoms with Gasteiger partial charge in [-0.05, 0) is 37.1 Å². The summed E-state index contributed by atoms with van der Waals surface area (Å²) in [6.07, 6.45) is 0.726. The number of furan rings is 1. The monoisotopic (exact) mass is 221 g/mol. The Morgan fingerprint density at radius 3 is 2.69 bits per heavy atom. The molecule has 0 saturated heterocycles. The molecule has 1 atom stereocenters. The molecule has 2 N–H and O–H groups in total. The summed E-state index contributed by atoms with van der Waals surface area (Å²) in [5.41, 5.74) is 6.83. The van der Waals surface area contributed by atoms with Gasteiger partial charge in [0, 0.05) is 0 Å². The number of hydrogen-bond donors (Lipinski definition) is 1. The predicted octanol–water partition coefficient (Wildman–Crippen LogP) is 3.32. The van der Waals surface area contributed by atoms with Crippen molar-refractivity contribution in [1.82, 2.24) is 0 Å². The van der Waals surface area contributed by atoms with Crippen LogP contribution in [-0.2, 0) is 0 Å². The lowest BCUT2D eigenvalue weighted by atomic mass is 10.1. The number of nitrogens with two attached hydrogens (primary N) is 1. The van der Waals surface area contributed by atoms with Gasteiger partial charge < -0.3 is 10.2 Å². The first kappa shape index (κ1) is 12.6. The standard InChI is InChI=1S/C9H12ClNO.ClH/c1-6(2)5-7(11)8-3-4-9(10)12-8;/h3-4,7H,1,5,11H2,2H3;1H/t7-;/m0./s1. The van der Waals surface area contributed by atoms with Crippen molar-refractivity contribution in [3.05, 3.63) is 35.3 Å². The molecule has 0 aromatic carbocycles. The van der Waals surface area contributed by atoms with Crippen LogP contribution in [-0.4, -0.2) is 0 Å². The third-order valence-corrected chi connectivity index (χ3v) is 1.73. The van der Waals surface area contributed by atoms with Crippen LogP contribution in [0.2, 0.25) is 5.22 Å². The van der Waals surface area contributed by atoms with E-state index in [2.05, 4.69) is 6.58 Å². The summed E-state index contributed by atoms with van der Waals surface area (Å²) in [4.78, 5) is 0. The molecule has 0 aliphatic rings. The Labute approximate surface area is 89.2 Å². The van der Waals surface area contributed by atoms with Crippen molar-refractivity contribution in [2.75, 3.05) is 0 Å². The first-order chi connectivity index (χ1) is 5.59. The van der Waals surface area contributed by atoms with Crippen molar-refractivity contribution < 1.29 is 4.42 Å². The highest BCUT2D eigenvalue weighted by Crippen LogP contribution is 2.22. The lowest BCUT2D eigenvalue weighted by Gasteiger charge is -2.06. The van der Waals surface area contributed by atoms with Gasteiger partial charge >= 0.3 is 0 Å². The number of rotatable bonds is 3. The summed E-state index contributed by atoms with van der Waals surface area (Å²) in [5, 5.41) is 0.377. The highest BCUT2D eigenvalue weighted by Gasteiger charge is 2.09. The number of halogens is 2. The largest absolute Gasteiger partial charge is 0.448 e. The van der Waals surface area contributed by atoms with E-state index in [0.29, 0.717) is 11.0 Å². The molecule has 0 radical (unpaired) electrons. The van der Waals surface area contributed by atoms with Gasteiger partial charge in [-0.3, -0.25) is 0 Å². The van der Waals surface area contributed by atoms with Gasteiger partial charge in [0.2, 0.25) is 0 Å². The molecule has 74 valence electrons. The van der Waals surface area contributed by atoms with Crippen LogP contribution < -0.4 is 5.73 Å². The molecule has 2 nitrogen and oxygen atoms in total. The highest BCUT2D eigenvalue weighted by atomic mass is 35.5. The maximum Gasteiger partial charge on any atom is 0.193 e. The normalized spacial score (nSPS) is 11.9. The second-order valence-corrected chi connectivity index (χ2v) is 3.28. The molecular formula is C9H13Cl2NO. The van der Waals surface area contributed by atoms with Gasteiger partial charge in [-0.25, -0.2) is 0 Å². The fourth-order valence-electron chi connectivity index (χ4n) is 1.00. The molecule has 1 aromatic heterocycles. The summed E-state index contributed by atoms with van der Waals surface area (Å²) in [5.74, 6) is 0.711. The zero-order valence-corrected chi connectivity index (χ0v) is 8.99. The van der Waals surface area contributed by atoms with Crippen molar-refractivity contribution in [1.29, 1.82) is 0 Å². The van der Waals surface area contributed by atoms with Crippen LogP contribution in [0.5, 0.6) is 0 Å². The van der Waals surface area contributed by atoms with E-state index in [0.717, 1.165) is 12.0 Å². The smallest absolute Gasteiger partial charge is 0.193 e. The molecule has 0 unspecified atom stereocenters. The molecule has 1 aromatic rings. The second-order valence-electron chi connectivity index (χ2n) is 2.91. The fourth-order valence-corrected chi connectivity index (χ4v) is 1.16. The Bertz CT molecular complexity index is 283. The van der Waals surface area contributed by atoms with E-state index in [-0.39, 0.29) is 18.4 Å². The minimum absolute atomic E-state index is 0. The third-order valence-electron chi connectivity index (χ3n) is 1.53. The zero-order chi connectivity index (χ0) is 9.14. The Morgan fingerprint density at radius 2 is 2.31 bits per heavy atom. The molecule has 0 amide bonds. The van der Waals surface area contributed by atoms with E-state index < -0.39 is 0 Å². The lowest BCUT2D eigenvalue weighted by molar-refractivity contribution is 0.466. The molecule has 0 aliphatic heterocycles. The Balaban J connectivity index is 0.00000144. The zero-order valence-electron chi connectivity index (χ0n) is 7.42. The van der Waals surface area contributed by atoms with Crippen LogP contribution >= 0.6 is 24.0 Å². The molecule has 0 bridgehead atoms. The molecular weight excluding hydrogens is 209 g/mol. The summed E-state index contributed by atoms with van der Waals surface area (Å²) in [7, 11) is 0. The molecule has 1 rings (SSSR count). The minimum Gasteiger partial charge on any atom is -0.448 e. The average molecular weight is 222 g/mol. The quantitative estimate of drug-likeness (QED) is 0.796. The summed E-state index contributed by atoms with van der Waals surface area (Å²) < 4.78 is 5.15. The van der Waals surface area contributed by atoms with Crippen molar-refractivity contribution in [3.8, 4) is 0 Å². The van der Waals surface area contributed by atoms with Crippen molar-refractivity contribution in [2.24, 2.45) is 5.73 Å². The second kappa shape index (κ2) is 5.32. The van der Waals surface area contributed by atoms with Crippen molar-refractivity contribution in [2.45, 2.75) is 19.4 Å². The van der Waals surface area contributed by atoms with Gasteiger partial charge in [0.1, 0.15) is 5.76 Å². The molecule has 1 heterocycles. The van der Waals surface area contributed by atoms with Gasteiger partial charge in [0.25, 0.3) is 0 Å². The van der Waals surface area contributed by atoms with Crippen LogP contribution in [0.4, 0.5) is 0 Å². The summed E-state index contributed by atoms with van der Waals surface area (Å²) >= 11 is 5.60. The first-order valence-electron chi connectivity index (χ1n) is 3.75. The Morgan fingerprint density at radius 1 is 1.69 bits per heavy atom. The fraction of sp³-hybridized carbons (Fsp3) is 0.333. The molecule has 13 heavy (non-hydrogen) atoms. The van der Waals surface area contributed by atoms with E-state index in [1.807, 2.05) is 6.92 Å². The Hall–Kier alpha value is -0.440. The highest BCUT2D eigenvalue weighted by molar-refractivity contribution is 6.28. The van der Waals surface area contributed by atoms with Crippen molar-refractivity contribution >= 4 is 24.0 Å². The first-order valence-corrected chi connectivity index (χ1v) is 4.12. The molecule has 0 saturated carbocycles. The van der Waals surface area contributed by atoms with Gasteiger partial charge in [0.15, 0.2) is 5.22 Å². The third kappa shape index (κ3) is 3.85.